The molecule has 5 heteroatoms. The normalized spacial score (nSPS) is 16.8. The molecule has 0 aliphatic carbocycles. The van der Waals surface area contributed by atoms with Crippen molar-refractivity contribution in [1.29, 1.82) is 0 Å². The molecule has 2 heterocycles. The lowest BCUT2D eigenvalue weighted by molar-refractivity contribution is 0.137. The predicted octanol–water partition coefficient (Wildman–Crippen LogP) is 7.36. The molecule has 0 radical (unpaired) electrons. The Labute approximate surface area is 203 Å². The van der Waals surface area contributed by atoms with Crippen LogP contribution in [0.2, 0.25) is 5.15 Å². The second-order valence-electron chi connectivity index (χ2n) is 9.20. The van der Waals surface area contributed by atoms with E-state index in [-0.39, 0.29) is 0 Å². The zero-order valence-corrected chi connectivity index (χ0v) is 21.2. The topological polar surface area (TPSA) is 30.3 Å². The summed E-state index contributed by atoms with van der Waals surface area (Å²) < 4.78 is 7.76. The quantitative estimate of drug-likeness (QED) is 0.348. The summed E-state index contributed by atoms with van der Waals surface area (Å²) in [5.41, 5.74) is 6.20. The summed E-state index contributed by atoms with van der Waals surface area (Å²) >= 11 is 6.86. The number of rotatable bonds is 8. The average molecular weight is 466 g/mol. The number of imidazole rings is 1. The minimum atomic E-state index is 0.388. The molecule has 4 rings (SSSR count). The predicted molar refractivity (Wildman–Crippen MR) is 137 cm³/mol. The molecule has 0 amide bonds. The van der Waals surface area contributed by atoms with E-state index in [1.807, 2.05) is 0 Å². The van der Waals surface area contributed by atoms with Gasteiger partial charge in [-0.2, -0.15) is 0 Å². The van der Waals surface area contributed by atoms with Gasteiger partial charge in [-0.3, -0.25) is 4.90 Å². The second kappa shape index (κ2) is 10.8. The van der Waals surface area contributed by atoms with Gasteiger partial charge in [0.25, 0.3) is 0 Å². The third-order valence-electron chi connectivity index (χ3n) is 6.93. The van der Waals surface area contributed by atoms with Crippen LogP contribution in [0.15, 0.2) is 42.5 Å². The highest BCUT2D eigenvalue weighted by Gasteiger charge is 2.28. The fraction of sp³-hybridized carbons (Fsp3) is 0.464. The molecule has 3 aromatic rings. The largest absolute Gasteiger partial charge is 0.497 e. The molecular formula is C28H36ClN3O. The van der Waals surface area contributed by atoms with E-state index in [9.17, 15) is 0 Å². The first-order chi connectivity index (χ1) is 16.0. The average Bonchev–Trinajstić information content (AvgIpc) is 3.12. The summed E-state index contributed by atoms with van der Waals surface area (Å²) in [6.45, 7) is 9.40. The Kier molecular flexibility index (Phi) is 7.77. The molecule has 1 atom stereocenters. The van der Waals surface area contributed by atoms with Crippen molar-refractivity contribution in [3.63, 3.8) is 0 Å². The summed E-state index contributed by atoms with van der Waals surface area (Å²) in [5, 5.41) is 0.641. The first kappa shape index (κ1) is 23.8. The van der Waals surface area contributed by atoms with Gasteiger partial charge in [-0.25, -0.2) is 4.98 Å². The Hall–Kier alpha value is -2.30. The van der Waals surface area contributed by atoms with Crippen LogP contribution in [-0.4, -0.2) is 28.1 Å². The number of unbranched alkanes of at least 4 members (excludes halogenated alkanes) is 1. The Balaban J connectivity index is 1.70. The number of aromatic nitrogens is 2. The van der Waals surface area contributed by atoms with E-state index in [0.717, 1.165) is 56.2 Å². The van der Waals surface area contributed by atoms with Crippen LogP contribution in [0.3, 0.4) is 0 Å². The summed E-state index contributed by atoms with van der Waals surface area (Å²) in [7, 11) is 1.72. The molecule has 2 aromatic carbocycles. The monoisotopic (exact) mass is 465 g/mol. The molecule has 1 aliphatic rings. The van der Waals surface area contributed by atoms with Crippen molar-refractivity contribution in [2.75, 3.05) is 13.7 Å². The van der Waals surface area contributed by atoms with Crippen LogP contribution in [0.5, 0.6) is 5.75 Å². The van der Waals surface area contributed by atoms with E-state index >= 15 is 0 Å². The van der Waals surface area contributed by atoms with Crippen molar-refractivity contribution in [2.24, 2.45) is 0 Å². The molecule has 1 saturated heterocycles. The molecule has 1 fully saturated rings. The number of hydrogen-bond acceptors (Lipinski definition) is 3. The highest BCUT2D eigenvalue weighted by atomic mass is 35.5. The van der Waals surface area contributed by atoms with Gasteiger partial charge in [-0.15, -0.1) is 0 Å². The van der Waals surface area contributed by atoms with Crippen LogP contribution in [0, 0.1) is 13.8 Å². The lowest BCUT2D eigenvalue weighted by Crippen LogP contribution is -2.33. The summed E-state index contributed by atoms with van der Waals surface area (Å²) in [4.78, 5) is 7.51. The number of methoxy groups -OCH3 is 1. The van der Waals surface area contributed by atoms with Crippen molar-refractivity contribution in [2.45, 2.75) is 72.0 Å². The molecule has 176 valence electrons. The molecule has 0 unspecified atom stereocenters. The fourth-order valence-corrected chi connectivity index (χ4v) is 5.34. The number of benzene rings is 2. The van der Waals surface area contributed by atoms with Gasteiger partial charge in [0.1, 0.15) is 11.6 Å². The smallest absolute Gasteiger partial charge is 0.152 e. The lowest BCUT2D eigenvalue weighted by Gasteiger charge is -2.36. The Bertz CT molecular complexity index is 1050. The summed E-state index contributed by atoms with van der Waals surface area (Å²) in [5.74, 6) is 1.91. The van der Waals surface area contributed by atoms with Crippen molar-refractivity contribution < 1.29 is 4.74 Å². The van der Waals surface area contributed by atoms with Crippen LogP contribution < -0.4 is 4.74 Å². The van der Waals surface area contributed by atoms with Gasteiger partial charge >= 0.3 is 0 Å². The molecule has 0 saturated carbocycles. The van der Waals surface area contributed by atoms with E-state index in [1.165, 1.54) is 35.1 Å². The third kappa shape index (κ3) is 5.12. The minimum Gasteiger partial charge on any atom is -0.497 e. The van der Waals surface area contributed by atoms with Gasteiger partial charge in [0.05, 0.1) is 12.8 Å². The van der Waals surface area contributed by atoms with Crippen LogP contribution in [0.4, 0.5) is 0 Å². The number of aryl methyl sites for hydroxylation is 2. The number of piperidine rings is 1. The maximum absolute atomic E-state index is 6.86. The maximum Gasteiger partial charge on any atom is 0.152 e. The minimum absolute atomic E-state index is 0.388. The molecular weight excluding hydrogens is 430 g/mol. The SMILES string of the molecule is CCCCn1c(-c2c(C)cccc2C)nc(Cl)c1CN1CCCC[C@@H]1c1ccc(OC)cc1. The van der Waals surface area contributed by atoms with Gasteiger partial charge in [-0.1, -0.05) is 61.7 Å². The number of halogens is 1. The van der Waals surface area contributed by atoms with Gasteiger partial charge < -0.3 is 9.30 Å². The molecule has 4 nitrogen and oxygen atoms in total. The zero-order chi connectivity index (χ0) is 23.4. The van der Waals surface area contributed by atoms with Crippen molar-refractivity contribution in [3.8, 4) is 17.1 Å². The van der Waals surface area contributed by atoms with E-state index in [1.54, 1.807) is 7.11 Å². The Morgan fingerprint density at radius 3 is 2.45 bits per heavy atom. The highest BCUT2D eigenvalue weighted by molar-refractivity contribution is 6.30. The fourth-order valence-electron chi connectivity index (χ4n) is 5.10. The van der Waals surface area contributed by atoms with E-state index in [4.69, 9.17) is 21.3 Å². The number of ether oxygens (including phenoxy) is 1. The standard InChI is InChI=1S/C28H36ClN3O/c1-5-6-18-32-25(27(29)30-28(32)26-20(2)10-9-11-21(26)3)19-31-17-8-7-12-24(31)22-13-15-23(33-4)16-14-22/h9-11,13-16,24H,5-8,12,17-19H2,1-4H3/t24-/m1/s1. The zero-order valence-electron chi connectivity index (χ0n) is 20.4. The van der Waals surface area contributed by atoms with Crippen molar-refractivity contribution >= 4 is 11.6 Å². The third-order valence-corrected chi connectivity index (χ3v) is 7.23. The van der Waals surface area contributed by atoms with Crippen molar-refractivity contribution in [1.82, 2.24) is 14.5 Å². The first-order valence-electron chi connectivity index (χ1n) is 12.2. The van der Waals surface area contributed by atoms with Gasteiger partial charge in [0, 0.05) is 24.7 Å². The number of likely N-dealkylation sites (tertiary alicyclic amines) is 1. The second-order valence-corrected chi connectivity index (χ2v) is 9.56. The molecule has 1 aliphatic heterocycles. The van der Waals surface area contributed by atoms with Gasteiger partial charge in [0.2, 0.25) is 0 Å². The number of hydrogen-bond donors (Lipinski definition) is 0. The Morgan fingerprint density at radius 1 is 1.06 bits per heavy atom. The molecule has 33 heavy (non-hydrogen) atoms. The van der Waals surface area contributed by atoms with E-state index in [2.05, 4.69) is 72.7 Å². The highest BCUT2D eigenvalue weighted by Crippen LogP contribution is 2.36. The van der Waals surface area contributed by atoms with Crippen LogP contribution in [0.25, 0.3) is 11.4 Å². The lowest BCUT2D eigenvalue weighted by atomic mass is 9.95. The van der Waals surface area contributed by atoms with E-state index < -0.39 is 0 Å². The molecule has 0 bridgehead atoms. The van der Waals surface area contributed by atoms with Crippen molar-refractivity contribution in [3.05, 3.63) is 70.0 Å². The molecule has 0 N–H and O–H groups in total. The van der Waals surface area contributed by atoms with Gasteiger partial charge in [0.15, 0.2) is 5.15 Å². The number of nitrogens with zero attached hydrogens (tertiary/aromatic N) is 3. The molecule has 1 aromatic heterocycles. The van der Waals surface area contributed by atoms with Crippen LogP contribution in [-0.2, 0) is 13.1 Å². The first-order valence-corrected chi connectivity index (χ1v) is 12.6. The molecule has 0 spiro atoms. The van der Waals surface area contributed by atoms with Crippen LogP contribution >= 0.6 is 11.6 Å². The summed E-state index contributed by atoms with van der Waals surface area (Å²) in [6.07, 6.45) is 5.89. The summed E-state index contributed by atoms with van der Waals surface area (Å²) in [6, 6.07) is 15.4. The maximum atomic E-state index is 6.86. The Morgan fingerprint density at radius 2 is 1.79 bits per heavy atom. The van der Waals surface area contributed by atoms with Crippen LogP contribution in [0.1, 0.15) is 67.5 Å². The van der Waals surface area contributed by atoms with E-state index in [0.29, 0.717) is 11.2 Å². The van der Waals surface area contributed by atoms with Gasteiger partial charge in [-0.05, 0) is 68.5 Å².